The van der Waals surface area contributed by atoms with E-state index in [1.165, 1.54) is 26.2 Å². The maximum atomic E-state index is 12.4. The Morgan fingerprint density at radius 2 is 1.81 bits per heavy atom. The second-order valence-electron chi connectivity index (χ2n) is 6.31. The molecule has 1 saturated heterocycles. The third-order valence-electron chi connectivity index (χ3n) is 4.14. The number of nitrogens with one attached hydrogen (secondary N) is 1. The maximum absolute atomic E-state index is 12.4. The Morgan fingerprint density at radius 3 is 2.35 bits per heavy atom. The smallest absolute Gasteiger partial charge is 0.371 e. The number of amides is 1. The molecule has 1 amide bonds. The van der Waals surface area contributed by atoms with Crippen molar-refractivity contribution in [2.24, 2.45) is 0 Å². The van der Waals surface area contributed by atoms with Crippen molar-refractivity contribution in [1.29, 1.82) is 0 Å². The number of halogens is 3. The van der Waals surface area contributed by atoms with E-state index < -0.39 is 28.7 Å². The Balaban J connectivity index is 2.43. The van der Waals surface area contributed by atoms with E-state index in [1.807, 2.05) is 10.2 Å². The van der Waals surface area contributed by atoms with Crippen LogP contribution in [-0.2, 0) is 10.0 Å². The van der Waals surface area contributed by atoms with Gasteiger partial charge in [0.15, 0.2) is 0 Å². The van der Waals surface area contributed by atoms with Crippen molar-refractivity contribution in [3.8, 4) is 0 Å². The second-order valence-corrected chi connectivity index (χ2v) is 8.46. The molecule has 146 valence electrons. The molecule has 0 spiro atoms. The van der Waals surface area contributed by atoms with Gasteiger partial charge >= 0.3 is 6.18 Å². The summed E-state index contributed by atoms with van der Waals surface area (Å²) in [6, 6.07) is 4.01. The van der Waals surface area contributed by atoms with E-state index in [9.17, 15) is 26.4 Å². The Kier molecular flexibility index (Phi) is 6.17. The van der Waals surface area contributed by atoms with Crippen LogP contribution in [0.25, 0.3) is 0 Å². The van der Waals surface area contributed by atoms with Gasteiger partial charge in [0.1, 0.15) is 6.54 Å². The molecule has 0 aliphatic carbocycles. The minimum Gasteiger partial charge on any atom is -0.371 e. The summed E-state index contributed by atoms with van der Waals surface area (Å²) in [5, 5.41) is 1.83. The van der Waals surface area contributed by atoms with Crippen molar-refractivity contribution in [3.63, 3.8) is 0 Å². The fraction of sp³-hybridized carbons (Fsp3) is 0.562. The molecule has 0 unspecified atom stereocenters. The van der Waals surface area contributed by atoms with Gasteiger partial charge in [0.2, 0.25) is 10.0 Å². The van der Waals surface area contributed by atoms with Crippen LogP contribution in [0.4, 0.5) is 18.9 Å². The van der Waals surface area contributed by atoms with Crippen LogP contribution >= 0.6 is 0 Å². The van der Waals surface area contributed by atoms with Crippen molar-refractivity contribution >= 4 is 21.6 Å². The third-order valence-corrected chi connectivity index (χ3v) is 5.95. The summed E-state index contributed by atoms with van der Waals surface area (Å²) in [7, 11) is -1.12. The molecule has 1 heterocycles. The molecule has 0 radical (unpaired) electrons. The van der Waals surface area contributed by atoms with E-state index in [4.69, 9.17) is 0 Å². The largest absolute Gasteiger partial charge is 0.405 e. The summed E-state index contributed by atoms with van der Waals surface area (Å²) in [5.41, 5.74) is 0.376. The number of rotatable bonds is 5. The van der Waals surface area contributed by atoms with Gasteiger partial charge in [-0.25, -0.2) is 12.7 Å². The lowest BCUT2D eigenvalue weighted by molar-refractivity contribution is -0.123. The Labute approximate surface area is 151 Å². The zero-order valence-corrected chi connectivity index (χ0v) is 15.5. The Morgan fingerprint density at radius 1 is 1.19 bits per heavy atom. The molecule has 2 rings (SSSR count). The standard InChI is InChI=1S/C16H22F3N3O3S/c1-21(2)26(24,25)12-6-7-14(22-8-4-3-5-9-22)13(10-12)15(23)20-11-16(17,18)19/h6-7,10H,3-5,8-9,11H2,1-2H3,(H,20,23). The summed E-state index contributed by atoms with van der Waals surface area (Å²) < 4.78 is 62.9. The topological polar surface area (TPSA) is 69.7 Å². The molecule has 0 atom stereocenters. The quantitative estimate of drug-likeness (QED) is 0.833. The van der Waals surface area contributed by atoms with E-state index in [1.54, 1.807) is 0 Å². The van der Waals surface area contributed by atoms with Crippen LogP contribution in [-0.4, -0.2) is 58.5 Å². The minimum absolute atomic E-state index is 0.0703. The SMILES string of the molecule is CN(C)S(=O)(=O)c1ccc(N2CCCCC2)c(C(=O)NCC(F)(F)F)c1. The average Bonchev–Trinajstić information content (AvgIpc) is 2.59. The second kappa shape index (κ2) is 7.83. The Hall–Kier alpha value is -1.81. The van der Waals surface area contributed by atoms with Gasteiger partial charge in [-0.2, -0.15) is 13.2 Å². The number of nitrogens with zero attached hydrogens (tertiary/aromatic N) is 2. The zero-order valence-electron chi connectivity index (χ0n) is 14.6. The summed E-state index contributed by atoms with van der Waals surface area (Å²) in [6.07, 6.45) is -1.70. The normalized spacial score (nSPS) is 16.0. The van der Waals surface area contributed by atoms with Crippen molar-refractivity contribution in [2.75, 3.05) is 38.6 Å². The lowest BCUT2D eigenvalue weighted by Gasteiger charge is -2.30. The van der Waals surface area contributed by atoms with E-state index >= 15 is 0 Å². The molecule has 0 saturated carbocycles. The summed E-state index contributed by atoms with van der Waals surface area (Å²) >= 11 is 0. The molecule has 0 bridgehead atoms. The van der Waals surface area contributed by atoms with Crippen LogP contribution in [0.2, 0.25) is 0 Å². The summed E-state index contributed by atoms with van der Waals surface area (Å²) in [4.78, 5) is 14.1. The van der Waals surface area contributed by atoms with Crippen LogP contribution < -0.4 is 10.2 Å². The molecule has 1 aromatic carbocycles. The van der Waals surface area contributed by atoms with E-state index in [2.05, 4.69) is 0 Å². The van der Waals surface area contributed by atoms with Gasteiger partial charge in [-0.05, 0) is 37.5 Å². The highest BCUT2D eigenvalue weighted by molar-refractivity contribution is 7.89. The van der Waals surface area contributed by atoms with Gasteiger partial charge in [-0.1, -0.05) is 0 Å². The van der Waals surface area contributed by atoms with E-state index in [0.29, 0.717) is 18.8 Å². The highest BCUT2D eigenvalue weighted by Gasteiger charge is 2.30. The van der Waals surface area contributed by atoms with E-state index in [-0.39, 0.29) is 10.5 Å². The molecule has 6 nitrogen and oxygen atoms in total. The molecule has 1 aliphatic heterocycles. The lowest BCUT2D eigenvalue weighted by atomic mass is 10.1. The number of hydrogen-bond donors (Lipinski definition) is 1. The van der Waals surface area contributed by atoms with Crippen LogP contribution in [0.15, 0.2) is 23.1 Å². The highest BCUT2D eigenvalue weighted by atomic mass is 32.2. The van der Waals surface area contributed by atoms with E-state index in [0.717, 1.165) is 29.6 Å². The fourth-order valence-corrected chi connectivity index (χ4v) is 3.68. The van der Waals surface area contributed by atoms with Crippen molar-refractivity contribution in [2.45, 2.75) is 30.3 Å². The predicted octanol–water partition coefficient (Wildman–Crippen LogP) is 2.22. The first-order valence-corrected chi connectivity index (χ1v) is 9.63. The number of alkyl halides is 3. The zero-order chi connectivity index (χ0) is 19.5. The number of piperidine rings is 1. The Bertz CT molecular complexity index is 758. The molecule has 1 aromatic rings. The number of carbonyl (C=O) groups is 1. The molecular weight excluding hydrogens is 371 g/mol. The van der Waals surface area contributed by atoms with Crippen molar-refractivity contribution < 1.29 is 26.4 Å². The number of carbonyl (C=O) groups excluding carboxylic acids is 1. The van der Waals surface area contributed by atoms with Gasteiger partial charge in [-0.15, -0.1) is 0 Å². The number of benzene rings is 1. The van der Waals surface area contributed by atoms with Crippen molar-refractivity contribution in [3.05, 3.63) is 23.8 Å². The van der Waals surface area contributed by atoms with Gasteiger partial charge in [0.25, 0.3) is 5.91 Å². The first-order valence-electron chi connectivity index (χ1n) is 8.19. The summed E-state index contributed by atoms with van der Waals surface area (Å²) in [5.74, 6) is -0.946. The number of anilines is 1. The first kappa shape index (κ1) is 20.5. The highest BCUT2D eigenvalue weighted by Crippen LogP contribution is 2.28. The molecule has 0 aromatic heterocycles. The van der Waals surface area contributed by atoms with Gasteiger partial charge < -0.3 is 10.2 Å². The molecule has 26 heavy (non-hydrogen) atoms. The number of hydrogen-bond acceptors (Lipinski definition) is 4. The average molecular weight is 393 g/mol. The van der Waals surface area contributed by atoms with Crippen LogP contribution in [0.3, 0.4) is 0 Å². The summed E-state index contributed by atoms with van der Waals surface area (Å²) in [6.45, 7) is -0.144. The van der Waals surface area contributed by atoms with Crippen LogP contribution in [0.1, 0.15) is 29.6 Å². The van der Waals surface area contributed by atoms with Gasteiger partial charge in [0.05, 0.1) is 10.5 Å². The predicted molar refractivity (Wildman–Crippen MR) is 91.8 cm³/mol. The molecule has 1 aliphatic rings. The lowest BCUT2D eigenvalue weighted by Crippen LogP contribution is -2.36. The fourth-order valence-electron chi connectivity index (χ4n) is 2.75. The maximum Gasteiger partial charge on any atom is 0.405 e. The third kappa shape index (κ3) is 4.88. The monoisotopic (exact) mass is 393 g/mol. The molecule has 1 N–H and O–H groups in total. The van der Waals surface area contributed by atoms with Crippen LogP contribution in [0.5, 0.6) is 0 Å². The van der Waals surface area contributed by atoms with Crippen LogP contribution in [0, 0.1) is 0 Å². The first-order chi connectivity index (χ1) is 12.0. The molecular formula is C16H22F3N3O3S. The molecule has 1 fully saturated rings. The van der Waals surface area contributed by atoms with Gasteiger partial charge in [-0.3, -0.25) is 4.79 Å². The minimum atomic E-state index is -4.55. The number of sulfonamides is 1. The van der Waals surface area contributed by atoms with Crippen molar-refractivity contribution in [1.82, 2.24) is 9.62 Å². The molecule has 10 heteroatoms. The van der Waals surface area contributed by atoms with Gasteiger partial charge in [0, 0.05) is 32.9 Å².